The van der Waals surface area contributed by atoms with Crippen LogP contribution >= 0.6 is 11.6 Å². The van der Waals surface area contributed by atoms with E-state index in [1.165, 1.54) is 6.20 Å². The van der Waals surface area contributed by atoms with Crippen LogP contribution in [0.15, 0.2) is 60.9 Å². The van der Waals surface area contributed by atoms with E-state index in [-0.39, 0.29) is 5.91 Å². The Morgan fingerprint density at radius 1 is 1.08 bits per heavy atom. The van der Waals surface area contributed by atoms with Gasteiger partial charge in [-0.3, -0.25) is 9.78 Å². The van der Waals surface area contributed by atoms with Crippen LogP contribution in [-0.2, 0) is 0 Å². The number of halogens is 1. The van der Waals surface area contributed by atoms with Gasteiger partial charge in [-0.1, -0.05) is 23.7 Å². The lowest BCUT2D eigenvalue weighted by Gasteiger charge is -2.12. The summed E-state index contributed by atoms with van der Waals surface area (Å²) in [5, 5.41) is 6.63. The van der Waals surface area contributed by atoms with Crippen molar-refractivity contribution in [3.05, 3.63) is 77.1 Å². The Labute approximate surface area is 157 Å². The average Bonchev–Trinajstić information content (AvgIpc) is 2.62. The molecule has 1 heterocycles. The van der Waals surface area contributed by atoms with Gasteiger partial charge >= 0.3 is 0 Å². The highest BCUT2D eigenvalue weighted by Gasteiger charge is 2.10. The number of amides is 1. The third-order valence-electron chi connectivity index (χ3n) is 3.72. The summed E-state index contributed by atoms with van der Waals surface area (Å²) >= 11 is 6.05. The molecule has 6 heteroatoms. The van der Waals surface area contributed by atoms with E-state index in [4.69, 9.17) is 16.3 Å². The lowest BCUT2D eigenvalue weighted by Crippen LogP contribution is -2.12. The van der Waals surface area contributed by atoms with Crippen LogP contribution in [0.25, 0.3) is 0 Å². The van der Waals surface area contributed by atoms with E-state index >= 15 is 0 Å². The Bertz CT molecular complexity index is 944. The van der Waals surface area contributed by atoms with Crippen LogP contribution in [0, 0.1) is 6.92 Å². The van der Waals surface area contributed by atoms with Gasteiger partial charge in [-0.05, 0) is 48.9 Å². The Morgan fingerprint density at radius 3 is 2.69 bits per heavy atom. The molecule has 2 aromatic carbocycles. The average molecular weight is 368 g/mol. The summed E-state index contributed by atoms with van der Waals surface area (Å²) in [5.41, 5.74) is 3.60. The standard InChI is InChI=1S/C20H18ClN3O2/c1-13-4-3-5-16(8-13)24-20(25)14-9-17(12-22-11-14)23-18-10-15(21)6-7-19(18)26-2/h3-12,23H,1-2H3,(H,24,25). The minimum Gasteiger partial charge on any atom is -0.495 e. The number of pyridine rings is 1. The van der Waals surface area contributed by atoms with Gasteiger partial charge in [0.2, 0.25) is 0 Å². The predicted molar refractivity (Wildman–Crippen MR) is 105 cm³/mol. The molecule has 0 saturated carbocycles. The smallest absolute Gasteiger partial charge is 0.257 e. The number of nitrogens with one attached hydrogen (secondary N) is 2. The third-order valence-corrected chi connectivity index (χ3v) is 3.95. The van der Waals surface area contributed by atoms with Gasteiger partial charge in [0.05, 0.1) is 30.2 Å². The van der Waals surface area contributed by atoms with E-state index in [1.54, 1.807) is 37.6 Å². The number of anilines is 3. The fourth-order valence-corrected chi connectivity index (χ4v) is 2.66. The van der Waals surface area contributed by atoms with E-state index in [0.29, 0.717) is 27.7 Å². The highest BCUT2D eigenvalue weighted by Crippen LogP contribution is 2.30. The maximum absolute atomic E-state index is 12.5. The molecular weight excluding hydrogens is 350 g/mol. The zero-order chi connectivity index (χ0) is 18.5. The van der Waals surface area contributed by atoms with Crippen molar-refractivity contribution in [1.82, 2.24) is 4.98 Å². The summed E-state index contributed by atoms with van der Waals surface area (Å²) in [4.78, 5) is 16.6. The summed E-state index contributed by atoms with van der Waals surface area (Å²) < 4.78 is 5.32. The normalized spacial score (nSPS) is 10.3. The number of aryl methyl sites for hydroxylation is 1. The second kappa shape index (κ2) is 7.89. The van der Waals surface area contributed by atoms with Crippen molar-refractivity contribution in [3.8, 4) is 5.75 Å². The quantitative estimate of drug-likeness (QED) is 0.662. The van der Waals surface area contributed by atoms with Crippen molar-refractivity contribution in [1.29, 1.82) is 0 Å². The van der Waals surface area contributed by atoms with Crippen molar-refractivity contribution in [2.24, 2.45) is 0 Å². The fraction of sp³-hybridized carbons (Fsp3) is 0.100. The number of carbonyl (C=O) groups is 1. The number of benzene rings is 2. The maximum atomic E-state index is 12.5. The zero-order valence-corrected chi connectivity index (χ0v) is 15.2. The molecule has 0 unspecified atom stereocenters. The SMILES string of the molecule is COc1ccc(Cl)cc1Nc1cncc(C(=O)Nc2cccc(C)c2)c1. The van der Waals surface area contributed by atoms with Gasteiger partial charge in [0, 0.05) is 16.9 Å². The topological polar surface area (TPSA) is 63.2 Å². The Balaban J connectivity index is 1.80. The first-order valence-electron chi connectivity index (χ1n) is 7.99. The number of nitrogens with zero attached hydrogens (tertiary/aromatic N) is 1. The van der Waals surface area contributed by atoms with E-state index in [9.17, 15) is 4.79 Å². The number of hydrogen-bond donors (Lipinski definition) is 2. The lowest BCUT2D eigenvalue weighted by molar-refractivity contribution is 0.102. The summed E-state index contributed by atoms with van der Waals surface area (Å²) in [7, 11) is 1.58. The third kappa shape index (κ3) is 4.32. The molecule has 3 rings (SSSR count). The number of rotatable bonds is 5. The molecule has 0 aliphatic rings. The number of ether oxygens (including phenoxy) is 1. The summed E-state index contributed by atoms with van der Waals surface area (Å²) in [5.74, 6) is 0.411. The summed E-state index contributed by atoms with van der Waals surface area (Å²) in [6.45, 7) is 1.97. The molecule has 2 N–H and O–H groups in total. The van der Waals surface area contributed by atoms with Crippen LogP contribution in [0.1, 0.15) is 15.9 Å². The van der Waals surface area contributed by atoms with Crippen LogP contribution in [0.3, 0.4) is 0 Å². The second-order valence-electron chi connectivity index (χ2n) is 5.76. The first kappa shape index (κ1) is 17.8. The van der Waals surface area contributed by atoms with Crippen molar-refractivity contribution in [3.63, 3.8) is 0 Å². The van der Waals surface area contributed by atoms with Gasteiger partial charge in [0.15, 0.2) is 0 Å². The minimum atomic E-state index is -0.232. The zero-order valence-electron chi connectivity index (χ0n) is 14.4. The molecule has 0 aliphatic heterocycles. The molecule has 26 heavy (non-hydrogen) atoms. The van der Waals surface area contributed by atoms with Gasteiger partial charge in [0.1, 0.15) is 5.75 Å². The van der Waals surface area contributed by atoms with E-state index in [0.717, 1.165) is 11.3 Å². The number of carbonyl (C=O) groups excluding carboxylic acids is 1. The highest BCUT2D eigenvalue weighted by molar-refractivity contribution is 6.31. The van der Waals surface area contributed by atoms with E-state index in [1.807, 2.05) is 31.2 Å². The largest absolute Gasteiger partial charge is 0.495 e. The maximum Gasteiger partial charge on any atom is 0.257 e. The van der Waals surface area contributed by atoms with Gasteiger partial charge in [0.25, 0.3) is 5.91 Å². The Kier molecular flexibility index (Phi) is 5.39. The predicted octanol–water partition coefficient (Wildman–Crippen LogP) is 5.05. The van der Waals surface area contributed by atoms with Gasteiger partial charge < -0.3 is 15.4 Å². The van der Waals surface area contributed by atoms with Gasteiger partial charge in [-0.2, -0.15) is 0 Å². The van der Waals surface area contributed by atoms with Crippen molar-refractivity contribution >= 4 is 34.6 Å². The van der Waals surface area contributed by atoms with Crippen LogP contribution in [-0.4, -0.2) is 18.0 Å². The molecule has 0 fully saturated rings. The fourth-order valence-electron chi connectivity index (χ4n) is 2.49. The molecular formula is C20H18ClN3O2. The number of hydrogen-bond acceptors (Lipinski definition) is 4. The van der Waals surface area contributed by atoms with Crippen LogP contribution in [0.4, 0.5) is 17.1 Å². The molecule has 0 radical (unpaired) electrons. The van der Waals surface area contributed by atoms with Crippen LogP contribution in [0.2, 0.25) is 5.02 Å². The first-order chi connectivity index (χ1) is 12.5. The molecule has 132 valence electrons. The highest BCUT2D eigenvalue weighted by atomic mass is 35.5. The molecule has 3 aromatic rings. The first-order valence-corrected chi connectivity index (χ1v) is 8.36. The molecule has 5 nitrogen and oxygen atoms in total. The van der Waals surface area contributed by atoms with Crippen molar-refractivity contribution in [2.45, 2.75) is 6.92 Å². The summed E-state index contributed by atoms with van der Waals surface area (Å²) in [6, 6.07) is 14.6. The molecule has 0 bridgehead atoms. The molecule has 1 aromatic heterocycles. The van der Waals surface area contributed by atoms with Gasteiger partial charge in [-0.25, -0.2) is 0 Å². The molecule has 0 spiro atoms. The van der Waals surface area contributed by atoms with Crippen molar-refractivity contribution < 1.29 is 9.53 Å². The Hall–Kier alpha value is -3.05. The second-order valence-corrected chi connectivity index (χ2v) is 6.19. The van der Waals surface area contributed by atoms with Gasteiger partial charge in [-0.15, -0.1) is 0 Å². The number of aromatic nitrogens is 1. The van der Waals surface area contributed by atoms with Crippen molar-refractivity contribution in [2.75, 3.05) is 17.7 Å². The minimum absolute atomic E-state index is 0.232. The summed E-state index contributed by atoms with van der Waals surface area (Å²) in [6.07, 6.45) is 3.15. The number of methoxy groups -OCH3 is 1. The van der Waals surface area contributed by atoms with Crippen LogP contribution < -0.4 is 15.4 Å². The Morgan fingerprint density at radius 2 is 1.92 bits per heavy atom. The van der Waals surface area contributed by atoms with E-state index in [2.05, 4.69) is 15.6 Å². The molecule has 1 amide bonds. The molecule has 0 atom stereocenters. The molecule has 0 saturated heterocycles. The monoisotopic (exact) mass is 367 g/mol. The van der Waals surface area contributed by atoms with Crippen LogP contribution in [0.5, 0.6) is 5.75 Å². The lowest BCUT2D eigenvalue weighted by atomic mass is 10.2. The van der Waals surface area contributed by atoms with E-state index < -0.39 is 0 Å². The molecule has 0 aliphatic carbocycles.